The second kappa shape index (κ2) is 19.2. The lowest BCUT2D eigenvalue weighted by molar-refractivity contribution is -0.492. The van der Waals surface area contributed by atoms with Gasteiger partial charge in [-0.15, -0.1) is 0 Å². The highest BCUT2D eigenvalue weighted by Gasteiger charge is 2.40. The normalized spacial score (nSPS) is 22.4. The first-order valence-electron chi connectivity index (χ1n) is 14.1. The second-order valence-electron chi connectivity index (χ2n) is 10.3. The summed E-state index contributed by atoms with van der Waals surface area (Å²) in [6.07, 6.45) is 11.4. The molecule has 1 saturated carbocycles. The van der Waals surface area contributed by atoms with Crippen LogP contribution in [-0.4, -0.2) is 68.6 Å². The van der Waals surface area contributed by atoms with Gasteiger partial charge in [0, 0.05) is 6.42 Å². The van der Waals surface area contributed by atoms with Crippen LogP contribution in [0.5, 0.6) is 0 Å². The van der Waals surface area contributed by atoms with E-state index in [1.807, 2.05) is 30.4 Å². The van der Waals surface area contributed by atoms with Crippen LogP contribution in [0.15, 0.2) is 42.5 Å². The smallest absolute Gasteiger partial charge is 0.305 e. The van der Waals surface area contributed by atoms with E-state index in [9.17, 15) is 20.1 Å². The molecule has 0 heterocycles. The molecule has 216 valence electrons. The molecule has 1 aromatic rings. The van der Waals surface area contributed by atoms with E-state index >= 15 is 0 Å². The van der Waals surface area contributed by atoms with Crippen molar-refractivity contribution >= 4 is 5.97 Å². The summed E-state index contributed by atoms with van der Waals surface area (Å²) in [7, 11) is 0. The Labute approximate surface area is 226 Å². The van der Waals surface area contributed by atoms with Crippen LogP contribution in [0.4, 0.5) is 0 Å². The first-order chi connectivity index (χ1) is 18.4. The molecule has 9 nitrogen and oxygen atoms in total. The Bertz CT molecular complexity index is 775. The number of aryl methyl sites for hydroxylation is 1. The minimum atomic E-state index is -0.542. The van der Waals surface area contributed by atoms with Gasteiger partial charge in [-0.05, 0) is 88.0 Å². The number of rotatable bonds is 20. The number of benzene rings is 1. The highest BCUT2D eigenvalue weighted by Crippen LogP contribution is 2.38. The minimum Gasteiger partial charge on any atom is -0.466 e. The third-order valence-corrected chi connectivity index (χ3v) is 7.30. The predicted octanol–water partition coefficient (Wildman–Crippen LogP) is 4.35. The zero-order valence-corrected chi connectivity index (χ0v) is 22.4. The highest BCUT2D eigenvalue weighted by molar-refractivity contribution is 5.69. The molecule has 0 aliphatic heterocycles. The fraction of sp³-hybridized carbons (Fsp3) is 0.690. The van der Waals surface area contributed by atoms with Crippen LogP contribution < -0.4 is 0 Å². The number of hydrogen-bond acceptors (Lipinski definition) is 9. The van der Waals surface area contributed by atoms with Crippen molar-refractivity contribution in [2.45, 2.75) is 102 Å². The zero-order chi connectivity index (χ0) is 27.6. The zero-order valence-electron chi connectivity index (χ0n) is 22.4. The van der Waals surface area contributed by atoms with Gasteiger partial charge >= 0.3 is 5.97 Å². The van der Waals surface area contributed by atoms with Gasteiger partial charge in [0.25, 0.3) is 0 Å². The van der Waals surface area contributed by atoms with E-state index in [4.69, 9.17) is 15.2 Å². The largest absolute Gasteiger partial charge is 0.466 e. The van der Waals surface area contributed by atoms with E-state index < -0.39 is 18.3 Å². The molecule has 0 saturated heterocycles. The number of nitrogens with zero attached hydrogens (tertiary/aromatic N) is 1. The molecule has 5 N–H and O–H groups in total. The van der Waals surface area contributed by atoms with Crippen molar-refractivity contribution in [2.24, 2.45) is 11.8 Å². The summed E-state index contributed by atoms with van der Waals surface area (Å²) in [5.74, 6) is -0.258. The third kappa shape index (κ3) is 13.8. The number of ether oxygens (including phenoxy) is 1. The van der Waals surface area contributed by atoms with Gasteiger partial charge < -0.3 is 20.1 Å². The molecule has 0 bridgehead atoms. The summed E-state index contributed by atoms with van der Waals surface area (Å²) in [5.41, 5.74) is 1.21. The molecule has 1 fully saturated rings. The van der Waals surface area contributed by atoms with E-state index in [-0.39, 0.29) is 29.8 Å². The van der Waals surface area contributed by atoms with Gasteiger partial charge in [-0.2, -0.15) is 0 Å². The van der Waals surface area contributed by atoms with Crippen LogP contribution in [-0.2, 0) is 20.8 Å². The summed E-state index contributed by atoms with van der Waals surface area (Å²) < 4.78 is 5.24. The molecule has 1 aromatic carbocycles. The number of aliphatic hydroxyl groups excluding tert-OH is 3. The Morgan fingerprint density at radius 1 is 0.947 bits per heavy atom. The van der Waals surface area contributed by atoms with E-state index in [2.05, 4.69) is 17.0 Å². The lowest BCUT2D eigenvalue weighted by Crippen LogP contribution is -2.23. The summed E-state index contributed by atoms with van der Waals surface area (Å²) in [6, 6.07) is 10.1. The lowest BCUT2D eigenvalue weighted by atomic mass is 9.85. The number of allylic oxidation sites excluding steroid dienone is 2. The van der Waals surface area contributed by atoms with Gasteiger partial charge in [-0.3, -0.25) is 20.0 Å². The highest BCUT2D eigenvalue weighted by atomic mass is 17.1. The van der Waals surface area contributed by atoms with Crippen LogP contribution in [0.1, 0.15) is 82.6 Å². The maximum absolute atomic E-state index is 11.9. The molecule has 2 rings (SSSR count). The van der Waals surface area contributed by atoms with Gasteiger partial charge in [0.1, 0.15) is 0 Å². The van der Waals surface area contributed by atoms with E-state index in [1.165, 1.54) is 5.56 Å². The minimum absolute atomic E-state index is 0.0229. The Morgan fingerprint density at radius 3 is 2.39 bits per heavy atom. The van der Waals surface area contributed by atoms with E-state index in [1.54, 1.807) is 0 Å². The molecule has 0 amide bonds. The molecule has 0 radical (unpaired) electrons. The Hall–Kier alpha value is -1.85. The number of aliphatic hydroxyl groups is 3. The first kappa shape index (κ1) is 32.4. The molecule has 1 aliphatic carbocycles. The van der Waals surface area contributed by atoms with Gasteiger partial charge in [0.05, 0.1) is 36.9 Å². The fourth-order valence-electron chi connectivity index (χ4n) is 5.11. The van der Waals surface area contributed by atoms with Crippen molar-refractivity contribution in [3.05, 3.63) is 48.0 Å². The average Bonchev–Trinajstić information content (AvgIpc) is 3.17. The Kier molecular flexibility index (Phi) is 16.4. The summed E-state index contributed by atoms with van der Waals surface area (Å²) in [5, 5.41) is 47.9. The van der Waals surface area contributed by atoms with Crippen molar-refractivity contribution in [2.75, 3.05) is 13.2 Å². The topological polar surface area (TPSA) is 140 Å². The maximum atomic E-state index is 11.9. The van der Waals surface area contributed by atoms with Crippen LogP contribution >= 0.6 is 0 Å². The van der Waals surface area contributed by atoms with Crippen LogP contribution in [0.2, 0.25) is 0 Å². The Balaban J connectivity index is 1.55. The van der Waals surface area contributed by atoms with E-state index in [0.717, 1.165) is 32.1 Å². The van der Waals surface area contributed by atoms with E-state index in [0.29, 0.717) is 58.0 Å². The second-order valence-corrected chi connectivity index (χ2v) is 10.3. The fourth-order valence-corrected chi connectivity index (χ4v) is 5.11. The molecule has 0 aromatic heterocycles. The lowest BCUT2D eigenvalue weighted by Gasteiger charge is -2.23. The van der Waals surface area contributed by atoms with Crippen molar-refractivity contribution in [1.82, 2.24) is 5.39 Å². The molecular formula is C29H47NO8. The van der Waals surface area contributed by atoms with Crippen molar-refractivity contribution in [3.8, 4) is 0 Å². The summed E-state index contributed by atoms with van der Waals surface area (Å²) >= 11 is 0. The van der Waals surface area contributed by atoms with Crippen LogP contribution in [0, 0.1) is 11.8 Å². The standard InChI is InChI=1S/C29H47NO8/c31-24(17-16-23-12-6-5-7-13-23)18-19-26-25(27(32)22-28(26)33)14-8-1-2-9-15-29(34)37-20-10-3-4-11-21-38-30(35)36/h1,5-8,12-13,24-28,31-33,35-36H,2-4,9-11,14-22H2/b8-1-/t24-,25+,26+,27-,28+/m0/s1. The predicted molar refractivity (Wildman–Crippen MR) is 142 cm³/mol. The average molecular weight is 538 g/mol. The SMILES string of the molecule is O=C(CCC/C=C\C[C@@H]1[C@@H](CC[C@@H](O)CCc2ccccc2)[C@H](O)C[C@@H]1O)OCCCCCCON(O)O. The number of hydrogen-bond donors (Lipinski definition) is 5. The van der Waals surface area contributed by atoms with Crippen molar-refractivity contribution in [3.63, 3.8) is 0 Å². The number of unbranched alkanes of at least 4 members (excludes halogenated alkanes) is 4. The molecule has 9 heteroatoms. The Morgan fingerprint density at radius 2 is 1.66 bits per heavy atom. The van der Waals surface area contributed by atoms with Crippen LogP contribution in [0.3, 0.4) is 0 Å². The summed E-state index contributed by atoms with van der Waals surface area (Å²) in [6.45, 7) is 0.603. The van der Waals surface area contributed by atoms with Gasteiger partial charge in [-0.1, -0.05) is 48.9 Å². The first-order valence-corrected chi connectivity index (χ1v) is 14.1. The van der Waals surface area contributed by atoms with Gasteiger partial charge in [0.2, 0.25) is 0 Å². The molecule has 0 unspecified atom stereocenters. The number of esters is 1. The van der Waals surface area contributed by atoms with Crippen molar-refractivity contribution in [1.29, 1.82) is 0 Å². The van der Waals surface area contributed by atoms with Gasteiger partial charge in [-0.25, -0.2) is 0 Å². The molecule has 38 heavy (non-hydrogen) atoms. The number of carbonyl (C=O) groups is 1. The van der Waals surface area contributed by atoms with Gasteiger partial charge in [0.15, 0.2) is 0 Å². The molecule has 5 atom stereocenters. The number of carbonyl (C=O) groups excluding carboxylic acids is 1. The quantitative estimate of drug-likeness (QED) is 0.0710. The summed E-state index contributed by atoms with van der Waals surface area (Å²) in [4.78, 5) is 16.3. The molecule has 0 spiro atoms. The van der Waals surface area contributed by atoms with Crippen molar-refractivity contribution < 1.29 is 40.1 Å². The maximum Gasteiger partial charge on any atom is 0.305 e. The third-order valence-electron chi connectivity index (χ3n) is 7.30. The molecule has 1 aliphatic rings. The van der Waals surface area contributed by atoms with Crippen LogP contribution in [0.25, 0.3) is 0 Å². The molecular weight excluding hydrogens is 490 g/mol. The monoisotopic (exact) mass is 537 g/mol.